The number of nitrogens with zero attached hydrogens (tertiary/aromatic N) is 3. The van der Waals surface area contributed by atoms with E-state index in [1.54, 1.807) is 0 Å². The fraction of sp³-hybridized carbons (Fsp3) is 0.545. The van der Waals surface area contributed by atoms with Crippen LogP contribution in [0.5, 0.6) is 5.75 Å². The van der Waals surface area contributed by atoms with Crippen LogP contribution in [0.25, 0.3) is 0 Å². The second kappa shape index (κ2) is 5.89. The van der Waals surface area contributed by atoms with Crippen LogP contribution in [-0.4, -0.2) is 29.7 Å². The number of hydrogen-bond acceptors (Lipinski definition) is 5. The first-order chi connectivity index (χ1) is 8.11. The molecule has 92 valence electrons. The van der Waals surface area contributed by atoms with Crippen LogP contribution in [0.1, 0.15) is 20.3 Å². The molecular formula is C11H16N4O2. The Balaban J connectivity index is 3.14. The largest absolute Gasteiger partial charge is 0.489 e. The van der Waals surface area contributed by atoms with Gasteiger partial charge in [-0.1, -0.05) is 0 Å². The van der Waals surface area contributed by atoms with Crippen molar-refractivity contribution in [2.24, 2.45) is 0 Å². The average Bonchev–Trinajstić information content (AvgIpc) is 2.29. The third kappa shape index (κ3) is 2.97. The minimum Gasteiger partial charge on any atom is -0.489 e. The van der Waals surface area contributed by atoms with Crippen LogP contribution in [0.4, 0.5) is 5.82 Å². The Hall–Kier alpha value is -2.03. The number of nitriles is 1. The van der Waals surface area contributed by atoms with E-state index < -0.39 is 0 Å². The molecule has 0 aliphatic heterocycles. The summed E-state index contributed by atoms with van der Waals surface area (Å²) in [5.74, 6) is 0.653. The van der Waals surface area contributed by atoms with E-state index in [1.165, 1.54) is 13.4 Å². The molecule has 1 aromatic heterocycles. The molecule has 0 aromatic carbocycles. The molecule has 0 spiro atoms. The summed E-state index contributed by atoms with van der Waals surface area (Å²) in [6.07, 6.45) is 1.71. The fourth-order valence-electron chi connectivity index (χ4n) is 1.55. The van der Waals surface area contributed by atoms with E-state index in [9.17, 15) is 4.79 Å². The minimum absolute atomic E-state index is 0.131. The number of aromatic amines is 1. The van der Waals surface area contributed by atoms with Crippen LogP contribution >= 0.6 is 0 Å². The molecule has 1 aromatic rings. The van der Waals surface area contributed by atoms with Crippen molar-refractivity contribution in [3.05, 3.63) is 16.7 Å². The summed E-state index contributed by atoms with van der Waals surface area (Å²) in [6, 6.07) is 2.21. The van der Waals surface area contributed by atoms with Crippen LogP contribution in [-0.2, 0) is 0 Å². The van der Waals surface area contributed by atoms with Crippen molar-refractivity contribution in [2.45, 2.75) is 26.3 Å². The molecule has 0 saturated carbocycles. The molecule has 0 unspecified atom stereocenters. The number of ether oxygens (including phenoxy) is 1. The van der Waals surface area contributed by atoms with Crippen molar-refractivity contribution in [1.29, 1.82) is 5.26 Å². The van der Waals surface area contributed by atoms with E-state index in [0.29, 0.717) is 18.8 Å². The first kappa shape index (κ1) is 13.0. The van der Waals surface area contributed by atoms with Gasteiger partial charge in [-0.2, -0.15) is 5.26 Å². The van der Waals surface area contributed by atoms with Gasteiger partial charge in [-0.3, -0.25) is 4.79 Å². The Morgan fingerprint density at radius 1 is 1.65 bits per heavy atom. The van der Waals surface area contributed by atoms with Crippen molar-refractivity contribution in [3.8, 4) is 11.8 Å². The van der Waals surface area contributed by atoms with Gasteiger partial charge < -0.3 is 14.6 Å². The van der Waals surface area contributed by atoms with Crippen molar-refractivity contribution in [3.63, 3.8) is 0 Å². The highest BCUT2D eigenvalue weighted by atomic mass is 16.5. The summed E-state index contributed by atoms with van der Waals surface area (Å²) in [5.41, 5.74) is -0.319. The molecule has 6 heteroatoms. The molecule has 0 saturated heterocycles. The number of nitrogens with one attached hydrogen (secondary N) is 1. The van der Waals surface area contributed by atoms with Gasteiger partial charge >= 0.3 is 0 Å². The second-order valence-electron chi connectivity index (χ2n) is 3.78. The van der Waals surface area contributed by atoms with Gasteiger partial charge in [0.25, 0.3) is 5.56 Å². The zero-order valence-electron chi connectivity index (χ0n) is 10.2. The van der Waals surface area contributed by atoms with E-state index in [4.69, 9.17) is 10.00 Å². The highest BCUT2D eigenvalue weighted by Gasteiger charge is 2.18. The van der Waals surface area contributed by atoms with E-state index >= 15 is 0 Å². The lowest BCUT2D eigenvalue weighted by Crippen LogP contribution is -2.34. The monoisotopic (exact) mass is 236 g/mol. The number of aromatic nitrogens is 2. The number of H-pyrrole nitrogens is 1. The van der Waals surface area contributed by atoms with Gasteiger partial charge in [0, 0.05) is 12.6 Å². The van der Waals surface area contributed by atoms with Gasteiger partial charge in [0.2, 0.25) is 5.75 Å². The smallest absolute Gasteiger partial charge is 0.295 e. The van der Waals surface area contributed by atoms with Crippen LogP contribution in [0.2, 0.25) is 0 Å². The number of rotatable bonds is 5. The third-order valence-corrected chi connectivity index (χ3v) is 2.36. The molecule has 0 bridgehead atoms. The number of methoxy groups -OCH3 is 1. The van der Waals surface area contributed by atoms with Crippen LogP contribution < -0.4 is 15.2 Å². The van der Waals surface area contributed by atoms with E-state index in [2.05, 4.69) is 16.0 Å². The first-order valence-corrected chi connectivity index (χ1v) is 5.37. The van der Waals surface area contributed by atoms with Crippen molar-refractivity contribution in [2.75, 3.05) is 18.6 Å². The standard InChI is InChI=1S/C11H16N4O2/c1-8(2)15(6-4-5-12)10-9(17-3)11(16)14-7-13-10/h7-8H,4,6H2,1-3H3,(H,13,14,16). The SMILES string of the molecule is COc1c(N(CCC#N)C(C)C)nc[nH]c1=O. The molecule has 1 N–H and O–H groups in total. The summed E-state index contributed by atoms with van der Waals surface area (Å²) in [5, 5.41) is 8.63. The zero-order chi connectivity index (χ0) is 12.8. The maximum Gasteiger partial charge on any atom is 0.295 e. The molecule has 17 heavy (non-hydrogen) atoms. The Kier molecular flexibility index (Phi) is 4.52. The quantitative estimate of drug-likeness (QED) is 0.821. The van der Waals surface area contributed by atoms with E-state index in [0.717, 1.165) is 0 Å². The van der Waals surface area contributed by atoms with Gasteiger partial charge in [0.05, 0.1) is 25.9 Å². The predicted octanol–water partition coefficient (Wildman–Crippen LogP) is 0.907. The number of anilines is 1. The summed E-state index contributed by atoms with van der Waals surface area (Å²) in [6.45, 7) is 4.46. The third-order valence-electron chi connectivity index (χ3n) is 2.36. The lowest BCUT2D eigenvalue weighted by atomic mass is 10.3. The summed E-state index contributed by atoms with van der Waals surface area (Å²) in [7, 11) is 1.43. The Labute approximate surface area is 99.9 Å². The van der Waals surface area contributed by atoms with Gasteiger partial charge in [0.15, 0.2) is 5.82 Å². The molecule has 1 rings (SSSR count). The highest BCUT2D eigenvalue weighted by Crippen LogP contribution is 2.22. The first-order valence-electron chi connectivity index (χ1n) is 5.37. The average molecular weight is 236 g/mol. The molecular weight excluding hydrogens is 220 g/mol. The van der Waals surface area contributed by atoms with Gasteiger partial charge in [-0.15, -0.1) is 0 Å². The van der Waals surface area contributed by atoms with Crippen LogP contribution in [0.15, 0.2) is 11.1 Å². The molecule has 0 aliphatic carbocycles. The van der Waals surface area contributed by atoms with E-state index in [-0.39, 0.29) is 17.4 Å². The molecule has 0 atom stereocenters. The van der Waals surface area contributed by atoms with Gasteiger partial charge in [-0.05, 0) is 13.8 Å². The topological polar surface area (TPSA) is 82.0 Å². The highest BCUT2D eigenvalue weighted by molar-refractivity contribution is 5.51. The molecule has 0 fully saturated rings. The predicted molar refractivity (Wildman–Crippen MR) is 64.1 cm³/mol. The lowest BCUT2D eigenvalue weighted by Gasteiger charge is -2.27. The molecule has 0 amide bonds. The van der Waals surface area contributed by atoms with E-state index in [1.807, 2.05) is 18.7 Å². The number of hydrogen-bond donors (Lipinski definition) is 1. The van der Waals surface area contributed by atoms with Crippen LogP contribution in [0.3, 0.4) is 0 Å². The van der Waals surface area contributed by atoms with Crippen molar-refractivity contribution in [1.82, 2.24) is 9.97 Å². The van der Waals surface area contributed by atoms with Gasteiger partial charge in [0.1, 0.15) is 0 Å². The van der Waals surface area contributed by atoms with Crippen molar-refractivity contribution >= 4 is 5.82 Å². The molecule has 0 aliphatic rings. The Bertz CT molecular complexity index is 461. The second-order valence-corrected chi connectivity index (χ2v) is 3.78. The zero-order valence-corrected chi connectivity index (χ0v) is 10.2. The maximum absolute atomic E-state index is 11.6. The summed E-state index contributed by atoms with van der Waals surface area (Å²) < 4.78 is 5.06. The molecule has 6 nitrogen and oxygen atoms in total. The Morgan fingerprint density at radius 3 is 2.88 bits per heavy atom. The van der Waals surface area contributed by atoms with Gasteiger partial charge in [-0.25, -0.2) is 4.98 Å². The van der Waals surface area contributed by atoms with Crippen LogP contribution in [0, 0.1) is 11.3 Å². The molecule has 1 heterocycles. The van der Waals surface area contributed by atoms with Crippen molar-refractivity contribution < 1.29 is 4.74 Å². The summed E-state index contributed by atoms with van der Waals surface area (Å²) in [4.78, 5) is 20.0. The lowest BCUT2D eigenvalue weighted by molar-refractivity contribution is 0.404. The summed E-state index contributed by atoms with van der Waals surface area (Å²) >= 11 is 0. The normalized spacial score (nSPS) is 10.1. The fourth-order valence-corrected chi connectivity index (χ4v) is 1.55. The molecule has 0 radical (unpaired) electrons. The maximum atomic E-state index is 11.6. The minimum atomic E-state index is -0.319. The Morgan fingerprint density at radius 2 is 2.35 bits per heavy atom.